The zero-order valence-corrected chi connectivity index (χ0v) is 8.64. The number of nitriles is 1. The first-order valence-corrected chi connectivity index (χ1v) is 3.94. The lowest BCUT2D eigenvalue weighted by Gasteiger charge is -2.13. The molecule has 0 saturated carbocycles. The molecule has 0 saturated heterocycles. The molecule has 0 aliphatic carbocycles. The summed E-state index contributed by atoms with van der Waals surface area (Å²) in [5.41, 5.74) is 4.05. The van der Waals surface area contributed by atoms with Crippen molar-refractivity contribution in [3.63, 3.8) is 0 Å². The molecule has 0 spiro atoms. The minimum Gasteiger partial charge on any atom is -0.506 e. The Morgan fingerprint density at radius 2 is 1.94 bits per heavy atom. The summed E-state index contributed by atoms with van der Waals surface area (Å²) < 4.78 is 37.3. The van der Waals surface area contributed by atoms with Gasteiger partial charge < -0.3 is 10.8 Å². The van der Waals surface area contributed by atoms with Crippen LogP contribution in [0.25, 0.3) is 0 Å². The Labute approximate surface area is 95.7 Å². The topological polar surface area (TPSA) is 70.0 Å². The van der Waals surface area contributed by atoms with Crippen molar-refractivity contribution >= 4 is 12.4 Å². The maximum absolute atomic E-state index is 12.9. The van der Waals surface area contributed by atoms with Crippen LogP contribution in [0.3, 0.4) is 0 Å². The van der Waals surface area contributed by atoms with Crippen LogP contribution in [-0.2, 0) is 0 Å². The maximum Gasteiger partial charge on any atom is 0.257 e. The fourth-order valence-electron chi connectivity index (χ4n) is 1.09. The molecule has 16 heavy (non-hydrogen) atoms. The van der Waals surface area contributed by atoms with Crippen LogP contribution in [0.15, 0.2) is 12.1 Å². The molecule has 0 aliphatic heterocycles. The van der Waals surface area contributed by atoms with Crippen molar-refractivity contribution < 1.29 is 18.3 Å². The quantitative estimate of drug-likeness (QED) is 0.847. The summed E-state index contributed by atoms with van der Waals surface area (Å²) in [5.74, 6) is -1.80. The predicted octanol–water partition coefficient (Wildman–Crippen LogP) is 2.09. The maximum atomic E-state index is 12.9. The second-order valence-corrected chi connectivity index (χ2v) is 2.83. The molecule has 1 aromatic carbocycles. The summed E-state index contributed by atoms with van der Waals surface area (Å²) in [7, 11) is 0. The predicted molar refractivity (Wildman–Crippen MR) is 53.0 cm³/mol. The molecule has 1 atom stereocenters. The van der Waals surface area contributed by atoms with Gasteiger partial charge in [0.1, 0.15) is 23.2 Å². The van der Waals surface area contributed by atoms with Crippen LogP contribution < -0.4 is 5.73 Å². The van der Waals surface area contributed by atoms with Crippen LogP contribution in [-0.4, -0.2) is 11.5 Å². The number of halogens is 4. The minimum atomic E-state index is -2.90. The van der Waals surface area contributed by atoms with Crippen LogP contribution in [0.2, 0.25) is 0 Å². The highest BCUT2D eigenvalue weighted by molar-refractivity contribution is 5.85. The second kappa shape index (κ2) is 5.58. The lowest BCUT2D eigenvalue weighted by Crippen LogP contribution is -2.19. The number of alkyl halides is 2. The zero-order chi connectivity index (χ0) is 11.6. The van der Waals surface area contributed by atoms with Crippen molar-refractivity contribution in [2.45, 2.75) is 12.5 Å². The molecule has 1 rings (SSSR count). The van der Waals surface area contributed by atoms with E-state index < -0.39 is 29.6 Å². The summed E-state index contributed by atoms with van der Waals surface area (Å²) in [6.45, 7) is 0. The summed E-state index contributed by atoms with van der Waals surface area (Å²) >= 11 is 0. The van der Waals surface area contributed by atoms with Gasteiger partial charge in [0.05, 0.1) is 6.04 Å². The first kappa shape index (κ1) is 14.6. The number of rotatable bonds is 2. The first-order chi connectivity index (χ1) is 6.99. The highest BCUT2D eigenvalue weighted by atomic mass is 35.5. The smallest absolute Gasteiger partial charge is 0.257 e. The van der Waals surface area contributed by atoms with Gasteiger partial charge in [-0.2, -0.15) is 5.26 Å². The van der Waals surface area contributed by atoms with Gasteiger partial charge in [-0.05, 0) is 6.07 Å². The SMILES string of the molecule is Cl.N#Cc1c(F)ccc([C@H](N)C(F)F)c1O. The molecule has 7 heteroatoms. The third-order valence-electron chi connectivity index (χ3n) is 1.90. The van der Waals surface area contributed by atoms with Gasteiger partial charge in [-0.25, -0.2) is 13.2 Å². The number of phenols is 1. The minimum absolute atomic E-state index is 0. The number of nitrogens with zero attached hydrogens (tertiary/aromatic N) is 1. The number of benzene rings is 1. The molecule has 0 bridgehead atoms. The van der Waals surface area contributed by atoms with Crippen molar-refractivity contribution in [2.24, 2.45) is 5.73 Å². The Balaban J connectivity index is 0.00000225. The van der Waals surface area contributed by atoms with E-state index in [1.165, 1.54) is 6.07 Å². The van der Waals surface area contributed by atoms with E-state index in [1.54, 1.807) is 0 Å². The van der Waals surface area contributed by atoms with Crippen LogP contribution in [0.5, 0.6) is 5.75 Å². The van der Waals surface area contributed by atoms with Gasteiger partial charge in [-0.1, -0.05) is 6.07 Å². The first-order valence-electron chi connectivity index (χ1n) is 3.94. The summed E-state index contributed by atoms with van der Waals surface area (Å²) in [5, 5.41) is 17.8. The van der Waals surface area contributed by atoms with E-state index in [-0.39, 0.29) is 18.0 Å². The van der Waals surface area contributed by atoms with Crippen molar-refractivity contribution in [1.29, 1.82) is 5.26 Å². The van der Waals surface area contributed by atoms with Crippen LogP contribution in [0.4, 0.5) is 13.2 Å². The van der Waals surface area contributed by atoms with Gasteiger partial charge in [0.15, 0.2) is 0 Å². The highest BCUT2D eigenvalue weighted by Crippen LogP contribution is 2.30. The number of nitrogens with two attached hydrogens (primary N) is 1. The van der Waals surface area contributed by atoms with E-state index in [9.17, 15) is 18.3 Å². The molecule has 1 aromatic rings. The largest absolute Gasteiger partial charge is 0.506 e. The van der Waals surface area contributed by atoms with E-state index in [0.717, 1.165) is 12.1 Å². The third-order valence-corrected chi connectivity index (χ3v) is 1.90. The molecule has 3 N–H and O–H groups in total. The molecular formula is C9H8ClF3N2O. The van der Waals surface area contributed by atoms with Crippen molar-refractivity contribution in [3.8, 4) is 11.8 Å². The number of hydrogen-bond donors (Lipinski definition) is 2. The van der Waals surface area contributed by atoms with E-state index in [1.807, 2.05) is 0 Å². The van der Waals surface area contributed by atoms with Gasteiger partial charge in [0.2, 0.25) is 0 Å². The fourth-order valence-corrected chi connectivity index (χ4v) is 1.09. The highest BCUT2D eigenvalue weighted by Gasteiger charge is 2.23. The van der Waals surface area contributed by atoms with Gasteiger partial charge >= 0.3 is 0 Å². The second-order valence-electron chi connectivity index (χ2n) is 2.83. The molecular weight excluding hydrogens is 245 g/mol. The average molecular weight is 253 g/mol. The Hall–Kier alpha value is -1.45. The lowest BCUT2D eigenvalue weighted by molar-refractivity contribution is 0.115. The summed E-state index contributed by atoms with van der Waals surface area (Å²) in [6.07, 6.45) is -2.90. The molecule has 0 heterocycles. The monoisotopic (exact) mass is 252 g/mol. The number of aromatic hydroxyl groups is 1. The molecule has 0 amide bonds. The Kier molecular flexibility index (Phi) is 5.08. The summed E-state index contributed by atoms with van der Waals surface area (Å²) in [4.78, 5) is 0. The van der Waals surface area contributed by atoms with Gasteiger partial charge in [0, 0.05) is 5.56 Å². The fraction of sp³-hybridized carbons (Fsp3) is 0.222. The zero-order valence-electron chi connectivity index (χ0n) is 7.82. The van der Waals surface area contributed by atoms with Gasteiger partial charge in [0.25, 0.3) is 6.43 Å². The molecule has 0 aromatic heterocycles. The Morgan fingerprint density at radius 3 is 2.38 bits per heavy atom. The van der Waals surface area contributed by atoms with Gasteiger partial charge in [-0.3, -0.25) is 0 Å². The van der Waals surface area contributed by atoms with Crippen molar-refractivity contribution in [3.05, 3.63) is 29.1 Å². The molecule has 0 aliphatic rings. The molecule has 88 valence electrons. The third kappa shape index (κ3) is 2.56. The Bertz CT molecular complexity index is 420. The molecule has 0 radical (unpaired) electrons. The van der Waals surface area contributed by atoms with Gasteiger partial charge in [-0.15, -0.1) is 12.4 Å². The summed E-state index contributed by atoms with van der Waals surface area (Å²) in [6, 6.07) is 1.38. The van der Waals surface area contributed by atoms with Crippen molar-refractivity contribution in [2.75, 3.05) is 0 Å². The van der Waals surface area contributed by atoms with Crippen LogP contribution in [0.1, 0.15) is 17.2 Å². The molecule has 3 nitrogen and oxygen atoms in total. The van der Waals surface area contributed by atoms with E-state index in [4.69, 9.17) is 11.0 Å². The Morgan fingerprint density at radius 1 is 1.38 bits per heavy atom. The van der Waals surface area contributed by atoms with E-state index >= 15 is 0 Å². The van der Waals surface area contributed by atoms with Crippen LogP contribution in [0, 0.1) is 17.1 Å². The standard InChI is InChI=1S/C9H7F3N2O.ClH/c10-6-2-1-4(7(14)9(11)12)8(15)5(6)3-13;/h1-2,7,9,15H,14H2;1H/t7-;/m0./s1. The number of phenolic OH excluding ortho intramolecular Hbond substituents is 1. The molecule has 0 fully saturated rings. The average Bonchev–Trinajstić information content (AvgIpc) is 2.17. The van der Waals surface area contributed by atoms with Crippen molar-refractivity contribution in [1.82, 2.24) is 0 Å². The normalized spacial score (nSPS) is 11.8. The van der Waals surface area contributed by atoms with E-state index in [0.29, 0.717) is 0 Å². The van der Waals surface area contributed by atoms with Crippen LogP contribution >= 0.6 is 12.4 Å². The number of hydrogen-bond acceptors (Lipinski definition) is 3. The molecule has 0 unspecified atom stereocenters. The lowest BCUT2D eigenvalue weighted by atomic mass is 10.0. The van der Waals surface area contributed by atoms with E-state index in [2.05, 4.69) is 0 Å².